The quantitative estimate of drug-likeness (QED) is 0.718. The van der Waals surface area contributed by atoms with Gasteiger partial charge in [0, 0.05) is 23.4 Å². The van der Waals surface area contributed by atoms with E-state index in [1.807, 2.05) is 47.8 Å². The molecule has 0 saturated heterocycles. The SMILES string of the molecule is O=C(N[C@@H](c1ccccc1)c1cccs1)c1cnc2n(c1=O)CCS2. The summed E-state index contributed by atoms with van der Waals surface area (Å²) in [6, 6.07) is 13.4. The molecule has 0 saturated carbocycles. The lowest BCUT2D eigenvalue weighted by Gasteiger charge is -2.18. The molecule has 0 aliphatic carbocycles. The van der Waals surface area contributed by atoms with Gasteiger partial charge in [-0.05, 0) is 17.0 Å². The molecule has 3 aromatic rings. The maximum atomic E-state index is 12.8. The molecule has 0 fully saturated rings. The highest BCUT2D eigenvalue weighted by Crippen LogP contribution is 2.26. The lowest BCUT2D eigenvalue weighted by atomic mass is 10.1. The molecule has 1 amide bonds. The number of amides is 1. The minimum atomic E-state index is -0.396. The number of thioether (sulfide) groups is 1. The van der Waals surface area contributed by atoms with Gasteiger partial charge < -0.3 is 5.32 Å². The summed E-state index contributed by atoms with van der Waals surface area (Å²) in [5.74, 6) is 0.418. The van der Waals surface area contributed by atoms with Crippen LogP contribution >= 0.6 is 23.1 Å². The number of nitrogens with one attached hydrogen (secondary N) is 1. The number of rotatable bonds is 4. The van der Waals surface area contributed by atoms with Crippen LogP contribution < -0.4 is 10.9 Å². The van der Waals surface area contributed by atoms with Crippen LogP contribution in [0, 0.1) is 0 Å². The summed E-state index contributed by atoms with van der Waals surface area (Å²) in [6.45, 7) is 0.597. The van der Waals surface area contributed by atoms with Crippen molar-refractivity contribution in [2.75, 3.05) is 5.75 Å². The molecule has 3 heterocycles. The van der Waals surface area contributed by atoms with Crippen molar-refractivity contribution in [3.05, 3.63) is 80.4 Å². The number of aromatic nitrogens is 2. The van der Waals surface area contributed by atoms with E-state index in [1.165, 1.54) is 18.0 Å². The Balaban J connectivity index is 1.67. The van der Waals surface area contributed by atoms with Crippen LogP contribution in [0.2, 0.25) is 0 Å². The van der Waals surface area contributed by atoms with E-state index >= 15 is 0 Å². The molecule has 25 heavy (non-hydrogen) atoms. The van der Waals surface area contributed by atoms with E-state index in [-0.39, 0.29) is 17.2 Å². The second-order valence-electron chi connectivity index (χ2n) is 5.59. The van der Waals surface area contributed by atoms with Crippen molar-refractivity contribution < 1.29 is 4.79 Å². The number of thiophene rings is 1. The van der Waals surface area contributed by atoms with Gasteiger partial charge in [0.05, 0.1) is 6.04 Å². The molecule has 0 bridgehead atoms. The number of carbonyl (C=O) groups excluding carboxylic acids is 1. The Morgan fingerprint density at radius 1 is 1.20 bits per heavy atom. The zero-order valence-electron chi connectivity index (χ0n) is 13.2. The first-order valence-corrected chi connectivity index (χ1v) is 9.72. The molecule has 0 radical (unpaired) electrons. The third-order valence-corrected chi connectivity index (χ3v) is 5.95. The van der Waals surface area contributed by atoms with Gasteiger partial charge in [0.15, 0.2) is 5.16 Å². The molecule has 2 aromatic heterocycles. The monoisotopic (exact) mass is 369 g/mol. The van der Waals surface area contributed by atoms with Crippen molar-refractivity contribution in [1.82, 2.24) is 14.9 Å². The molecule has 4 rings (SSSR count). The minimum absolute atomic E-state index is 0.0868. The van der Waals surface area contributed by atoms with E-state index in [0.717, 1.165) is 16.2 Å². The lowest BCUT2D eigenvalue weighted by molar-refractivity contribution is 0.0940. The summed E-state index contributed by atoms with van der Waals surface area (Å²) in [6.07, 6.45) is 1.39. The zero-order chi connectivity index (χ0) is 17.2. The minimum Gasteiger partial charge on any atom is -0.340 e. The van der Waals surface area contributed by atoms with Gasteiger partial charge in [-0.1, -0.05) is 48.2 Å². The topological polar surface area (TPSA) is 64.0 Å². The van der Waals surface area contributed by atoms with Crippen molar-refractivity contribution in [3.63, 3.8) is 0 Å². The van der Waals surface area contributed by atoms with Gasteiger partial charge in [-0.2, -0.15) is 0 Å². The first kappa shape index (κ1) is 16.1. The average molecular weight is 369 g/mol. The summed E-state index contributed by atoms with van der Waals surface area (Å²) in [4.78, 5) is 30.6. The first-order chi connectivity index (χ1) is 12.2. The van der Waals surface area contributed by atoms with Crippen molar-refractivity contribution >= 4 is 29.0 Å². The van der Waals surface area contributed by atoms with Crippen LogP contribution in [0.25, 0.3) is 0 Å². The van der Waals surface area contributed by atoms with Gasteiger partial charge in [-0.15, -0.1) is 11.3 Å². The Morgan fingerprint density at radius 3 is 2.80 bits per heavy atom. The summed E-state index contributed by atoms with van der Waals surface area (Å²) in [7, 11) is 0. The molecule has 0 spiro atoms. The van der Waals surface area contributed by atoms with Crippen LogP contribution in [0.15, 0.2) is 64.0 Å². The van der Waals surface area contributed by atoms with E-state index in [0.29, 0.717) is 11.7 Å². The molecular formula is C18H15N3O2S2. The fraction of sp³-hybridized carbons (Fsp3) is 0.167. The van der Waals surface area contributed by atoms with Crippen molar-refractivity contribution in [2.45, 2.75) is 17.7 Å². The molecule has 1 N–H and O–H groups in total. The van der Waals surface area contributed by atoms with Crippen molar-refractivity contribution in [2.24, 2.45) is 0 Å². The maximum absolute atomic E-state index is 12.8. The Labute approximate surface area is 152 Å². The van der Waals surface area contributed by atoms with Crippen LogP contribution in [-0.2, 0) is 6.54 Å². The highest BCUT2D eigenvalue weighted by Gasteiger charge is 2.23. The number of hydrogen-bond donors (Lipinski definition) is 1. The normalized spacial score (nSPS) is 14.1. The van der Waals surface area contributed by atoms with Crippen LogP contribution in [0.1, 0.15) is 26.8 Å². The fourth-order valence-corrected chi connectivity index (χ4v) is 4.52. The summed E-state index contributed by atoms with van der Waals surface area (Å²) < 4.78 is 1.57. The Kier molecular flexibility index (Phi) is 4.42. The van der Waals surface area contributed by atoms with Crippen LogP contribution in [0.3, 0.4) is 0 Å². The molecule has 1 aliphatic heterocycles. The van der Waals surface area contributed by atoms with E-state index in [4.69, 9.17) is 0 Å². The largest absolute Gasteiger partial charge is 0.340 e. The Bertz CT molecular complexity index is 952. The zero-order valence-corrected chi connectivity index (χ0v) is 14.8. The van der Waals surface area contributed by atoms with Gasteiger partial charge in [0.2, 0.25) is 0 Å². The Morgan fingerprint density at radius 2 is 2.04 bits per heavy atom. The maximum Gasteiger partial charge on any atom is 0.267 e. The van der Waals surface area contributed by atoms with E-state index in [1.54, 1.807) is 15.9 Å². The van der Waals surface area contributed by atoms with Crippen molar-refractivity contribution in [1.29, 1.82) is 0 Å². The van der Waals surface area contributed by atoms with Crippen molar-refractivity contribution in [3.8, 4) is 0 Å². The van der Waals surface area contributed by atoms with E-state index in [9.17, 15) is 9.59 Å². The second kappa shape index (κ2) is 6.85. The molecule has 126 valence electrons. The Hall–Kier alpha value is -2.38. The van der Waals surface area contributed by atoms with Gasteiger partial charge in [0.1, 0.15) is 5.56 Å². The van der Waals surface area contributed by atoms with E-state index < -0.39 is 5.91 Å². The number of fused-ring (bicyclic) bond motifs is 1. The number of benzene rings is 1. The predicted octanol–water partition coefficient (Wildman–Crippen LogP) is 2.93. The molecule has 7 heteroatoms. The van der Waals surface area contributed by atoms with Gasteiger partial charge >= 0.3 is 0 Å². The molecule has 5 nitrogen and oxygen atoms in total. The van der Waals surface area contributed by atoms with Gasteiger partial charge in [0.25, 0.3) is 11.5 Å². The fourth-order valence-electron chi connectivity index (χ4n) is 2.80. The first-order valence-electron chi connectivity index (χ1n) is 7.86. The summed E-state index contributed by atoms with van der Waals surface area (Å²) >= 11 is 3.10. The van der Waals surface area contributed by atoms with Gasteiger partial charge in [-0.3, -0.25) is 14.2 Å². The molecular weight excluding hydrogens is 354 g/mol. The summed E-state index contributed by atoms with van der Waals surface area (Å²) in [5, 5.41) is 5.65. The second-order valence-corrected chi connectivity index (χ2v) is 7.63. The predicted molar refractivity (Wildman–Crippen MR) is 99.3 cm³/mol. The van der Waals surface area contributed by atoms with Gasteiger partial charge in [-0.25, -0.2) is 4.98 Å². The third kappa shape index (κ3) is 3.12. The standard InChI is InChI=1S/C18H15N3O2S2/c22-16(13-11-19-18-21(17(13)23)8-10-25-18)20-15(14-7-4-9-24-14)12-5-2-1-3-6-12/h1-7,9,11,15H,8,10H2,(H,20,22)/t15-/m0/s1. The number of carbonyl (C=O) groups is 1. The molecule has 1 aromatic carbocycles. The average Bonchev–Trinajstić information content (AvgIpc) is 3.32. The smallest absolute Gasteiger partial charge is 0.267 e. The molecule has 1 atom stereocenters. The van der Waals surface area contributed by atoms with E-state index in [2.05, 4.69) is 10.3 Å². The third-order valence-electron chi connectivity index (χ3n) is 4.04. The lowest BCUT2D eigenvalue weighted by Crippen LogP contribution is -2.35. The van der Waals surface area contributed by atoms with Crippen LogP contribution in [0.5, 0.6) is 0 Å². The molecule has 1 aliphatic rings. The highest BCUT2D eigenvalue weighted by molar-refractivity contribution is 7.99. The summed E-state index contributed by atoms with van der Waals surface area (Å²) in [5.41, 5.74) is 0.789. The van der Waals surface area contributed by atoms with Crippen LogP contribution in [-0.4, -0.2) is 21.2 Å². The highest BCUT2D eigenvalue weighted by atomic mass is 32.2. The number of nitrogens with zero attached hydrogens (tertiary/aromatic N) is 2. The molecule has 0 unspecified atom stereocenters. The number of hydrogen-bond acceptors (Lipinski definition) is 5. The van der Waals surface area contributed by atoms with Crippen LogP contribution in [0.4, 0.5) is 0 Å².